The van der Waals surface area contributed by atoms with Gasteiger partial charge in [-0.05, 0) is 30.7 Å². The van der Waals surface area contributed by atoms with Crippen LogP contribution in [0.4, 0.5) is 13.2 Å². The predicted octanol–water partition coefficient (Wildman–Crippen LogP) is 5.24. The maximum Gasteiger partial charge on any atom is 0.490 e. The highest BCUT2D eigenvalue weighted by Gasteiger charge is 2.38. The quantitative estimate of drug-likeness (QED) is 0.353. The molecule has 5 rings (SSSR count). The number of nitrogens with zero attached hydrogens (tertiary/aromatic N) is 3. The van der Waals surface area contributed by atoms with Gasteiger partial charge >= 0.3 is 12.1 Å². The van der Waals surface area contributed by atoms with Crippen LogP contribution in [0.15, 0.2) is 29.6 Å². The maximum atomic E-state index is 10.6. The minimum absolute atomic E-state index is 0.955. The summed E-state index contributed by atoms with van der Waals surface area (Å²) < 4.78 is 31.7. The van der Waals surface area contributed by atoms with Crippen molar-refractivity contribution >= 4 is 17.3 Å². The molecule has 0 spiro atoms. The van der Waals surface area contributed by atoms with Crippen LogP contribution in [0.1, 0.15) is 41.3 Å². The summed E-state index contributed by atoms with van der Waals surface area (Å²) in [5, 5.41) is 17.3. The number of aliphatic carboxylic acids is 1. The molecule has 1 saturated heterocycles. The van der Waals surface area contributed by atoms with E-state index in [0.717, 1.165) is 62.6 Å². The maximum absolute atomic E-state index is 10.6. The molecular weight excluding hydrogens is 501 g/mol. The Balaban J connectivity index is 0.000000405. The number of hydrogen-bond acceptors (Lipinski definition) is 5. The van der Waals surface area contributed by atoms with Gasteiger partial charge in [0.2, 0.25) is 0 Å². The number of aromatic nitrogens is 2. The molecule has 3 heterocycles. The second kappa shape index (κ2) is 11.5. The number of fused-ring (bicyclic) bond motifs is 3. The molecule has 2 aliphatic rings. The summed E-state index contributed by atoms with van der Waals surface area (Å²) >= 11 is 1.71. The van der Waals surface area contributed by atoms with Gasteiger partial charge in [0.25, 0.3) is 0 Å². The normalized spacial score (nSPS) is 15.3. The topological polar surface area (TPSA) is 72.5 Å². The standard InChI is InChI=1S/C25H28N4S.C2HF3O2/c1-3-4-5-6-21-14-20(17-30-21)24-23-15-19-13-18(7-8-22(19)25(23)27-26-24)16-29-11-9-28(2)10-12-29;3-2(4,5)1(6)7/h7-8,13-14,17H,3-4,9-12,15-16H2,1-2H3,(H,26,27);(H,6,7). The van der Waals surface area contributed by atoms with Crippen LogP contribution in [0.25, 0.3) is 22.5 Å². The van der Waals surface area contributed by atoms with Crippen LogP contribution in [-0.4, -0.2) is 70.5 Å². The number of hydrogen-bond donors (Lipinski definition) is 2. The number of carboxylic acid groups (broad SMARTS) is 1. The number of piperazine rings is 1. The summed E-state index contributed by atoms with van der Waals surface area (Å²) in [7, 11) is 2.21. The number of aromatic amines is 1. The van der Waals surface area contributed by atoms with Gasteiger partial charge in [0.1, 0.15) is 0 Å². The molecule has 0 atom stereocenters. The molecule has 1 aromatic carbocycles. The van der Waals surface area contributed by atoms with E-state index in [0.29, 0.717) is 0 Å². The lowest BCUT2D eigenvalue weighted by Gasteiger charge is -2.32. The van der Waals surface area contributed by atoms with Crippen molar-refractivity contribution in [2.75, 3.05) is 33.2 Å². The first-order chi connectivity index (χ1) is 17.7. The van der Waals surface area contributed by atoms with Crippen molar-refractivity contribution in [2.45, 2.75) is 38.9 Å². The van der Waals surface area contributed by atoms with Crippen molar-refractivity contribution < 1.29 is 23.1 Å². The lowest BCUT2D eigenvalue weighted by Crippen LogP contribution is -2.43. The Kier molecular flexibility index (Phi) is 8.37. The average Bonchev–Trinajstić information content (AvgIpc) is 3.56. The van der Waals surface area contributed by atoms with E-state index in [9.17, 15) is 13.2 Å². The average molecular weight is 531 g/mol. The molecule has 0 saturated carbocycles. The van der Waals surface area contributed by atoms with Crippen molar-refractivity contribution in [3.63, 3.8) is 0 Å². The summed E-state index contributed by atoms with van der Waals surface area (Å²) in [6.07, 6.45) is -2.07. The van der Waals surface area contributed by atoms with Gasteiger partial charge in [0.05, 0.1) is 16.3 Å². The van der Waals surface area contributed by atoms with E-state index in [4.69, 9.17) is 9.90 Å². The zero-order valence-electron chi connectivity index (χ0n) is 20.8. The molecule has 3 aromatic rings. The van der Waals surface area contributed by atoms with Crippen molar-refractivity contribution in [1.82, 2.24) is 20.0 Å². The third-order valence-electron chi connectivity index (χ3n) is 6.38. The largest absolute Gasteiger partial charge is 0.490 e. The van der Waals surface area contributed by atoms with Gasteiger partial charge < -0.3 is 10.0 Å². The van der Waals surface area contributed by atoms with E-state index in [1.54, 1.807) is 11.3 Å². The number of carboxylic acids is 1. The fourth-order valence-electron chi connectivity index (χ4n) is 4.39. The minimum atomic E-state index is -5.08. The summed E-state index contributed by atoms with van der Waals surface area (Å²) in [6.45, 7) is 7.84. The van der Waals surface area contributed by atoms with Crippen LogP contribution in [0.2, 0.25) is 0 Å². The Morgan fingerprint density at radius 1 is 1.22 bits per heavy atom. The number of benzene rings is 1. The van der Waals surface area contributed by atoms with Gasteiger partial charge in [-0.1, -0.05) is 37.0 Å². The Labute approximate surface area is 218 Å². The van der Waals surface area contributed by atoms with Crippen LogP contribution < -0.4 is 0 Å². The highest BCUT2D eigenvalue weighted by atomic mass is 32.1. The summed E-state index contributed by atoms with van der Waals surface area (Å²) in [6, 6.07) is 9.16. The van der Waals surface area contributed by atoms with Gasteiger partial charge in [-0.25, -0.2) is 4.79 Å². The van der Waals surface area contributed by atoms with Gasteiger partial charge in [0.15, 0.2) is 0 Å². The number of H-pyrrole nitrogens is 1. The monoisotopic (exact) mass is 530 g/mol. The van der Waals surface area contributed by atoms with E-state index in [2.05, 4.69) is 75.5 Å². The molecule has 1 aliphatic carbocycles. The van der Waals surface area contributed by atoms with E-state index < -0.39 is 12.1 Å². The summed E-state index contributed by atoms with van der Waals surface area (Å²) in [5.41, 5.74) is 8.93. The first-order valence-corrected chi connectivity index (χ1v) is 13.0. The molecule has 2 N–H and O–H groups in total. The predicted molar refractivity (Wildman–Crippen MR) is 138 cm³/mol. The molecule has 37 heavy (non-hydrogen) atoms. The van der Waals surface area contributed by atoms with Crippen molar-refractivity contribution in [3.05, 3.63) is 51.2 Å². The van der Waals surface area contributed by atoms with Crippen LogP contribution in [0, 0.1) is 11.8 Å². The lowest BCUT2D eigenvalue weighted by atomic mass is 10.0. The molecule has 0 amide bonds. The third-order valence-corrected chi connectivity index (χ3v) is 7.22. The third kappa shape index (κ3) is 6.60. The van der Waals surface area contributed by atoms with E-state index in [-0.39, 0.29) is 0 Å². The number of likely N-dealkylation sites (N-methyl/N-ethyl adjacent to an activating group) is 1. The lowest BCUT2D eigenvalue weighted by molar-refractivity contribution is -0.192. The molecular formula is C27H29F3N4O2S. The number of halogens is 3. The Bertz CT molecular complexity index is 1310. The van der Waals surface area contributed by atoms with Crippen molar-refractivity contribution in [2.24, 2.45) is 0 Å². The molecule has 1 aliphatic heterocycles. The van der Waals surface area contributed by atoms with E-state index in [1.165, 1.54) is 33.5 Å². The summed E-state index contributed by atoms with van der Waals surface area (Å²) in [4.78, 5) is 15.0. The number of rotatable bonds is 4. The van der Waals surface area contributed by atoms with Crippen molar-refractivity contribution in [1.29, 1.82) is 0 Å². The van der Waals surface area contributed by atoms with Crippen LogP contribution in [-0.2, 0) is 17.8 Å². The fourth-order valence-corrected chi connectivity index (χ4v) is 5.15. The van der Waals surface area contributed by atoms with Gasteiger partial charge in [-0.3, -0.25) is 10.00 Å². The molecule has 0 bridgehead atoms. The van der Waals surface area contributed by atoms with Crippen LogP contribution in [0.5, 0.6) is 0 Å². The first kappa shape index (κ1) is 26.9. The zero-order valence-corrected chi connectivity index (χ0v) is 21.6. The second-order valence-corrected chi connectivity index (χ2v) is 10.1. The first-order valence-electron chi connectivity index (χ1n) is 12.1. The number of nitrogens with one attached hydrogen (secondary N) is 1. The van der Waals surface area contributed by atoms with Crippen LogP contribution in [0.3, 0.4) is 0 Å². The molecule has 1 fully saturated rings. The highest BCUT2D eigenvalue weighted by Crippen LogP contribution is 2.41. The highest BCUT2D eigenvalue weighted by molar-refractivity contribution is 7.11. The number of carbonyl (C=O) groups is 1. The minimum Gasteiger partial charge on any atom is -0.475 e. The molecule has 196 valence electrons. The smallest absolute Gasteiger partial charge is 0.475 e. The molecule has 2 aromatic heterocycles. The SMILES string of the molecule is CCCC#Cc1cc(-c2n[nH]c3c2Cc2cc(CN4CCN(C)CC4)ccc2-3)cs1.O=C(O)C(F)(F)F. The van der Waals surface area contributed by atoms with Crippen molar-refractivity contribution in [3.8, 4) is 34.4 Å². The molecule has 0 radical (unpaired) electrons. The Hall–Kier alpha value is -3.13. The van der Waals surface area contributed by atoms with Gasteiger partial charge in [-0.15, -0.1) is 11.3 Å². The van der Waals surface area contributed by atoms with E-state index in [1.807, 2.05) is 0 Å². The molecule has 10 heteroatoms. The summed E-state index contributed by atoms with van der Waals surface area (Å²) in [5.74, 6) is 3.77. The fraction of sp³-hybridized carbons (Fsp3) is 0.407. The molecule has 0 unspecified atom stereocenters. The Morgan fingerprint density at radius 2 is 1.95 bits per heavy atom. The van der Waals surface area contributed by atoms with E-state index >= 15 is 0 Å². The van der Waals surface area contributed by atoms with Crippen LogP contribution >= 0.6 is 11.3 Å². The Morgan fingerprint density at radius 3 is 2.62 bits per heavy atom. The van der Waals surface area contributed by atoms with Gasteiger partial charge in [0, 0.05) is 67.6 Å². The number of alkyl halides is 3. The zero-order chi connectivity index (χ0) is 26.6. The number of unbranched alkanes of at least 4 members (excludes halogenated alkanes) is 1. The molecule has 6 nitrogen and oxygen atoms in total. The number of thiophene rings is 1. The second-order valence-electron chi connectivity index (χ2n) is 9.23. The van der Waals surface area contributed by atoms with Gasteiger partial charge in [-0.2, -0.15) is 18.3 Å².